The summed E-state index contributed by atoms with van der Waals surface area (Å²) >= 11 is 0. The van der Waals surface area contributed by atoms with Crippen molar-refractivity contribution in [1.29, 1.82) is 5.26 Å². The van der Waals surface area contributed by atoms with Crippen molar-refractivity contribution in [3.05, 3.63) is 151 Å². The molecule has 5 nitrogen and oxygen atoms in total. The predicted molar refractivity (Wildman–Crippen MR) is 189 cm³/mol. The number of hydrogen-bond acceptors (Lipinski definition) is 5. The highest BCUT2D eigenvalue weighted by Gasteiger charge is 2.19. The van der Waals surface area contributed by atoms with Crippen molar-refractivity contribution in [1.82, 2.24) is 15.0 Å². The average molecular weight is 614 g/mol. The molecular weight excluding hydrogens is 576 g/mol. The quantitative estimate of drug-likeness (QED) is 0.197. The monoisotopic (exact) mass is 613 g/mol. The van der Waals surface area contributed by atoms with Gasteiger partial charge in [-0.1, -0.05) is 127 Å². The number of fused-ring (bicyclic) bond motifs is 5. The van der Waals surface area contributed by atoms with Crippen LogP contribution in [0.25, 0.3) is 88.8 Å². The summed E-state index contributed by atoms with van der Waals surface area (Å²) < 4.78 is 121. The van der Waals surface area contributed by atoms with Crippen LogP contribution in [0.4, 0.5) is 0 Å². The lowest BCUT2D eigenvalue weighted by Gasteiger charge is -2.14. The molecule has 218 valence electrons. The van der Waals surface area contributed by atoms with Crippen molar-refractivity contribution in [2.75, 3.05) is 0 Å². The molecule has 2 heterocycles. The fourth-order valence-electron chi connectivity index (χ4n) is 5.79. The van der Waals surface area contributed by atoms with E-state index < -0.39 is 78.6 Å². The number of rotatable bonds is 4. The Morgan fingerprint density at radius 3 is 1.98 bits per heavy atom. The summed E-state index contributed by atoms with van der Waals surface area (Å²) in [7, 11) is 0. The molecule has 0 amide bonds. The molecule has 2 aromatic heterocycles. The molecule has 0 unspecified atom stereocenters. The fraction of sp³-hybridized carbons (Fsp3) is 0. The number of benzene rings is 7. The molecular formula is C42H24N4O. The molecule has 0 spiro atoms. The molecule has 9 aromatic rings. The minimum Gasteiger partial charge on any atom is -0.456 e. The third-order valence-electron chi connectivity index (χ3n) is 7.86. The Morgan fingerprint density at radius 2 is 1.15 bits per heavy atom. The zero-order valence-corrected chi connectivity index (χ0v) is 24.0. The maximum atomic E-state index is 10.1. The zero-order valence-electron chi connectivity index (χ0n) is 37.0. The summed E-state index contributed by atoms with van der Waals surface area (Å²) in [4.78, 5) is 14.1. The van der Waals surface area contributed by atoms with Crippen LogP contribution in [0.2, 0.25) is 0 Å². The topological polar surface area (TPSA) is 75.6 Å². The van der Waals surface area contributed by atoms with E-state index in [0.29, 0.717) is 16.3 Å². The van der Waals surface area contributed by atoms with Gasteiger partial charge in [-0.15, -0.1) is 0 Å². The SMILES string of the molecule is [2H]c1c([2H])c([2H])c2c(oc3c([2H])c([2H])c([2H])c(-c4nc(-c5ccccc5)nc(-c5c([2H])c([2H])c([2H])c6c(-c7cccc8cccc(C#N)c78)c([2H])c([2H])c([2H])c56)n4)c32)c1[2H]. The second-order valence-corrected chi connectivity index (χ2v) is 10.5. The van der Waals surface area contributed by atoms with E-state index >= 15 is 0 Å². The van der Waals surface area contributed by atoms with Crippen molar-refractivity contribution in [2.24, 2.45) is 0 Å². The van der Waals surface area contributed by atoms with Gasteiger partial charge < -0.3 is 4.42 Å². The van der Waals surface area contributed by atoms with Crippen molar-refractivity contribution in [3.8, 4) is 51.4 Å². The molecule has 7 aromatic carbocycles. The molecule has 0 N–H and O–H groups in total. The first-order chi connectivity index (χ1) is 28.7. The van der Waals surface area contributed by atoms with Gasteiger partial charge in [0.1, 0.15) is 11.2 Å². The molecule has 0 aliphatic rings. The first-order valence-corrected chi connectivity index (χ1v) is 14.4. The van der Waals surface area contributed by atoms with Gasteiger partial charge in [0.05, 0.1) is 29.5 Å². The zero-order chi connectivity index (χ0) is 42.6. The van der Waals surface area contributed by atoms with Crippen LogP contribution in [0, 0.1) is 11.3 Å². The summed E-state index contributed by atoms with van der Waals surface area (Å²) in [5.41, 5.74) is -0.338. The molecule has 0 aliphatic heterocycles. The number of furan rings is 1. The van der Waals surface area contributed by atoms with E-state index in [-0.39, 0.29) is 78.0 Å². The molecule has 0 bridgehead atoms. The first kappa shape index (κ1) is 16.6. The smallest absolute Gasteiger partial charge is 0.164 e. The molecule has 47 heavy (non-hydrogen) atoms. The number of nitrogens with zero attached hydrogens (tertiary/aromatic N) is 4. The van der Waals surface area contributed by atoms with Gasteiger partial charge in [-0.3, -0.25) is 0 Å². The highest BCUT2D eigenvalue weighted by molar-refractivity contribution is 6.12. The van der Waals surface area contributed by atoms with Gasteiger partial charge >= 0.3 is 0 Å². The van der Waals surface area contributed by atoms with Crippen LogP contribution in [0.15, 0.2) is 150 Å². The molecule has 0 atom stereocenters. The Balaban J connectivity index is 1.47. The van der Waals surface area contributed by atoms with Gasteiger partial charge in [-0.2, -0.15) is 5.26 Å². The summed E-state index contributed by atoms with van der Waals surface area (Å²) in [5.74, 6) is -0.775. The van der Waals surface area contributed by atoms with E-state index in [1.807, 2.05) is 0 Å². The molecule has 0 saturated carbocycles. The van der Waals surface area contributed by atoms with E-state index in [4.69, 9.17) is 28.1 Å². The van der Waals surface area contributed by atoms with Crippen LogP contribution in [-0.2, 0) is 0 Å². The highest BCUT2D eigenvalue weighted by Crippen LogP contribution is 2.40. The lowest BCUT2D eigenvalue weighted by Crippen LogP contribution is -2.01. The van der Waals surface area contributed by atoms with Crippen molar-refractivity contribution < 1.29 is 22.2 Å². The average Bonchev–Trinajstić information content (AvgIpc) is 3.66. The summed E-state index contributed by atoms with van der Waals surface area (Å²) in [6.45, 7) is 0. The lowest BCUT2D eigenvalue weighted by molar-refractivity contribution is 0.669. The summed E-state index contributed by atoms with van der Waals surface area (Å²) in [6.07, 6.45) is 0. The Morgan fingerprint density at radius 1 is 0.511 bits per heavy atom. The van der Waals surface area contributed by atoms with Gasteiger partial charge in [0.25, 0.3) is 0 Å². The van der Waals surface area contributed by atoms with Crippen LogP contribution in [0.1, 0.15) is 23.4 Å². The van der Waals surface area contributed by atoms with Crippen LogP contribution >= 0.6 is 0 Å². The van der Waals surface area contributed by atoms with Crippen molar-refractivity contribution in [2.45, 2.75) is 0 Å². The fourth-order valence-corrected chi connectivity index (χ4v) is 5.79. The second kappa shape index (κ2) is 10.8. The Hall–Kier alpha value is -6.64. The third kappa shape index (κ3) is 4.35. The minimum atomic E-state index is -0.639. The predicted octanol–water partition coefficient (Wildman–Crippen LogP) is 10.6. The Kier molecular flexibility index (Phi) is 3.80. The van der Waals surface area contributed by atoms with Crippen LogP contribution < -0.4 is 0 Å². The number of hydrogen-bond donors (Lipinski definition) is 0. The Bertz CT molecular complexity index is 3430. The van der Waals surface area contributed by atoms with Crippen molar-refractivity contribution >= 4 is 43.5 Å². The third-order valence-corrected chi connectivity index (χ3v) is 7.86. The maximum Gasteiger partial charge on any atom is 0.164 e. The van der Waals surface area contributed by atoms with Gasteiger partial charge in [-0.25, -0.2) is 15.0 Å². The molecule has 5 heteroatoms. The largest absolute Gasteiger partial charge is 0.456 e. The lowest BCUT2D eigenvalue weighted by atomic mass is 9.90. The van der Waals surface area contributed by atoms with Gasteiger partial charge in [0.2, 0.25) is 0 Å². The molecule has 0 aliphatic carbocycles. The highest BCUT2D eigenvalue weighted by atomic mass is 16.3. The molecule has 0 radical (unpaired) electrons. The maximum absolute atomic E-state index is 10.1. The molecule has 0 fully saturated rings. The van der Waals surface area contributed by atoms with E-state index in [1.165, 1.54) is 0 Å². The minimum absolute atomic E-state index is 0.0318. The normalized spacial score (nSPS) is 15.3. The van der Waals surface area contributed by atoms with E-state index in [9.17, 15) is 9.37 Å². The van der Waals surface area contributed by atoms with Gasteiger partial charge in [0.15, 0.2) is 17.5 Å². The number of nitriles is 1. The second-order valence-electron chi connectivity index (χ2n) is 10.5. The first-order valence-electron chi connectivity index (χ1n) is 20.9. The standard InChI is InChI=1S/C42H24N4O/c43-25-28-15-6-13-26-14-7-20-32(38(26)28)30-18-8-19-31-29(30)17-9-21-33(31)41-44-40(27-11-2-1-3-12-27)45-42(46-41)35-22-10-24-37-39(35)34-16-4-5-23-36(34)47-37/h1-24H/i4D,5D,8D,9D,10D,16D,17D,18D,19D,21D,22D,23D,24D. The van der Waals surface area contributed by atoms with Crippen LogP contribution in [-0.4, -0.2) is 15.0 Å². The summed E-state index contributed by atoms with van der Waals surface area (Å²) in [5, 5.41) is 10.4. The van der Waals surface area contributed by atoms with Gasteiger partial charge in [-0.05, 0) is 45.4 Å². The van der Waals surface area contributed by atoms with E-state index in [2.05, 4.69) is 11.1 Å². The van der Waals surface area contributed by atoms with Crippen molar-refractivity contribution in [3.63, 3.8) is 0 Å². The molecule has 9 rings (SSSR count). The number of para-hydroxylation sites is 1. The number of aromatic nitrogens is 3. The van der Waals surface area contributed by atoms with E-state index in [1.54, 1.807) is 66.7 Å². The van der Waals surface area contributed by atoms with Crippen LogP contribution in [0.5, 0.6) is 0 Å². The molecule has 0 saturated heterocycles. The van der Waals surface area contributed by atoms with Crippen LogP contribution in [0.3, 0.4) is 0 Å². The van der Waals surface area contributed by atoms with Gasteiger partial charge in [0, 0.05) is 32.8 Å². The van der Waals surface area contributed by atoms with E-state index in [0.717, 1.165) is 0 Å². The summed E-state index contributed by atoms with van der Waals surface area (Å²) in [6, 6.07) is 13.2. The Labute approximate surface area is 288 Å².